The van der Waals surface area contributed by atoms with Gasteiger partial charge in [-0.15, -0.1) is 0 Å². The van der Waals surface area contributed by atoms with Gasteiger partial charge in [-0.1, -0.05) is 23.2 Å². The fourth-order valence-corrected chi connectivity index (χ4v) is 3.22. The van der Waals surface area contributed by atoms with Crippen molar-refractivity contribution in [1.82, 2.24) is 10.3 Å². The second-order valence-electron chi connectivity index (χ2n) is 5.97. The SMILES string of the molecule is O=C(NCC1CCN(c2ccncc2)CC1)c1ccc(Cl)c(Cl)c1. The summed E-state index contributed by atoms with van der Waals surface area (Å²) in [4.78, 5) is 18.6. The lowest BCUT2D eigenvalue weighted by Gasteiger charge is -2.33. The molecule has 3 rings (SSSR count). The molecule has 4 nitrogen and oxygen atoms in total. The molecule has 1 aromatic carbocycles. The van der Waals surface area contributed by atoms with E-state index in [9.17, 15) is 4.79 Å². The number of hydrogen-bond donors (Lipinski definition) is 1. The maximum Gasteiger partial charge on any atom is 0.251 e. The molecule has 2 aromatic rings. The van der Waals surface area contributed by atoms with Crippen molar-refractivity contribution in [2.45, 2.75) is 12.8 Å². The van der Waals surface area contributed by atoms with Crippen molar-refractivity contribution in [3.63, 3.8) is 0 Å². The lowest BCUT2D eigenvalue weighted by Crippen LogP contribution is -2.38. The zero-order valence-corrected chi connectivity index (χ0v) is 14.7. The highest BCUT2D eigenvalue weighted by molar-refractivity contribution is 6.42. The van der Waals surface area contributed by atoms with Crippen molar-refractivity contribution in [1.29, 1.82) is 0 Å². The Hall–Kier alpha value is -1.78. The summed E-state index contributed by atoms with van der Waals surface area (Å²) in [5.41, 5.74) is 1.75. The van der Waals surface area contributed by atoms with Gasteiger partial charge in [0, 0.05) is 43.3 Å². The fourth-order valence-electron chi connectivity index (χ4n) is 2.93. The Morgan fingerprint density at radius 1 is 1.12 bits per heavy atom. The maximum atomic E-state index is 12.2. The van der Waals surface area contributed by atoms with E-state index in [-0.39, 0.29) is 5.91 Å². The lowest BCUT2D eigenvalue weighted by atomic mass is 9.96. The van der Waals surface area contributed by atoms with Crippen LogP contribution >= 0.6 is 23.2 Å². The van der Waals surface area contributed by atoms with Gasteiger partial charge in [0.2, 0.25) is 0 Å². The van der Waals surface area contributed by atoms with Crippen LogP contribution in [-0.2, 0) is 0 Å². The summed E-state index contributed by atoms with van der Waals surface area (Å²) < 4.78 is 0. The molecule has 126 valence electrons. The van der Waals surface area contributed by atoms with Crippen LogP contribution in [0.15, 0.2) is 42.7 Å². The Morgan fingerprint density at radius 2 is 1.83 bits per heavy atom. The fraction of sp³-hybridized carbons (Fsp3) is 0.333. The van der Waals surface area contributed by atoms with Crippen molar-refractivity contribution >= 4 is 34.8 Å². The third-order valence-corrected chi connectivity index (χ3v) is 5.11. The first-order valence-corrected chi connectivity index (χ1v) is 8.77. The highest BCUT2D eigenvalue weighted by Gasteiger charge is 2.20. The minimum Gasteiger partial charge on any atom is -0.371 e. The Labute approximate surface area is 151 Å². The van der Waals surface area contributed by atoms with Gasteiger partial charge in [-0.2, -0.15) is 0 Å². The standard InChI is InChI=1S/C18H19Cl2N3O/c19-16-2-1-14(11-17(16)20)18(24)22-12-13-5-9-23(10-6-13)15-3-7-21-8-4-15/h1-4,7-8,11,13H,5-6,9-10,12H2,(H,22,24). The van der Waals surface area contributed by atoms with E-state index in [4.69, 9.17) is 23.2 Å². The van der Waals surface area contributed by atoms with Crippen LogP contribution in [0.2, 0.25) is 10.0 Å². The number of anilines is 1. The number of carbonyl (C=O) groups is 1. The van der Waals surface area contributed by atoms with Gasteiger partial charge in [0.05, 0.1) is 10.0 Å². The monoisotopic (exact) mass is 363 g/mol. The highest BCUT2D eigenvalue weighted by atomic mass is 35.5. The van der Waals surface area contributed by atoms with Crippen LogP contribution in [0.5, 0.6) is 0 Å². The van der Waals surface area contributed by atoms with Crippen LogP contribution in [0.1, 0.15) is 23.2 Å². The number of benzene rings is 1. The molecule has 1 aliphatic rings. The topological polar surface area (TPSA) is 45.2 Å². The number of amides is 1. The average molecular weight is 364 g/mol. The molecule has 0 bridgehead atoms. The van der Waals surface area contributed by atoms with E-state index in [1.54, 1.807) is 18.2 Å². The number of piperidine rings is 1. The van der Waals surface area contributed by atoms with Crippen molar-refractivity contribution in [2.75, 3.05) is 24.5 Å². The van der Waals surface area contributed by atoms with Crippen LogP contribution in [0.3, 0.4) is 0 Å². The third kappa shape index (κ3) is 4.19. The maximum absolute atomic E-state index is 12.2. The quantitative estimate of drug-likeness (QED) is 0.891. The average Bonchev–Trinajstić information content (AvgIpc) is 2.63. The van der Waals surface area contributed by atoms with Crippen LogP contribution in [0.4, 0.5) is 5.69 Å². The number of nitrogens with zero attached hydrogens (tertiary/aromatic N) is 2. The highest BCUT2D eigenvalue weighted by Crippen LogP contribution is 2.24. The Bertz CT molecular complexity index is 701. The van der Waals surface area contributed by atoms with E-state index in [0.717, 1.165) is 25.9 Å². The smallest absolute Gasteiger partial charge is 0.251 e. The second-order valence-corrected chi connectivity index (χ2v) is 6.79. The molecule has 0 unspecified atom stereocenters. The molecule has 1 N–H and O–H groups in total. The predicted molar refractivity (Wildman–Crippen MR) is 98.0 cm³/mol. The molecule has 0 saturated carbocycles. The Balaban J connectivity index is 1.48. The molecule has 1 saturated heterocycles. The summed E-state index contributed by atoms with van der Waals surface area (Å²) in [7, 11) is 0. The molecule has 24 heavy (non-hydrogen) atoms. The predicted octanol–water partition coefficient (Wildman–Crippen LogP) is 4.03. The van der Waals surface area contributed by atoms with Crippen LogP contribution in [0, 0.1) is 5.92 Å². The molecule has 0 spiro atoms. The molecular weight excluding hydrogens is 345 g/mol. The Kier molecular flexibility index (Phi) is 5.59. The van der Waals surface area contributed by atoms with E-state index >= 15 is 0 Å². The number of rotatable bonds is 4. The number of hydrogen-bond acceptors (Lipinski definition) is 3. The minimum absolute atomic E-state index is 0.106. The number of nitrogens with one attached hydrogen (secondary N) is 1. The molecule has 0 aliphatic carbocycles. The molecule has 2 heterocycles. The molecule has 1 fully saturated rings. The van der Waals surface area contributed by atoms with E-state index < -0.39 is 0 Å². The van der Waals surface area contributed by atoms with Crippen LogP contribution in [0.25, 0.3) is 0 Å². The molecule has 0 atom stereocenters. The summed E-state index contributed by atoms with van der Waals surface area (Å²) in [6.07, 6.45) is 5.76. The first-order chi connectivity index (χ1) is 11.6. The first kappa shape index (κ1) is 17.1. The molecular formula is C18H19Cl2N3O. The van der Waals surface area contributed by atoms with Gasteiger partial charge < -0.3 is 10.2 Å². The zero-order valence-electron chi connectivity index (χ0n) is 13.2. The summed E-state index contributed by atoms with van der Waals surface area (Å²) in [5, 5.41) is 3.85. The van der Waals surface area contributed by atoms with Gasteiger partial charge in [0.25, 0.3) is 5.91 Å². The number of halogens is 2. The van der Waals surface area contributed by atoms with Gasteiger partial charge in [-0.05, 0) is 49.1 Å². The molecule has 1 aliphatic heterocycles. The van der Waals surface area contributed by atoms with Crippen molar-refractivity contribution in [3.05, 3.63) is 58.3 Å². The van der Waals surface area contributed by atoms with Crippen molar-refractivity contribution in [2.24, 2.45) is 5.92 Å². The van der Waals surface area contributed by atoms with Crippen LogP contribution < -0.4 is 10.2 Å². The normalized spacial score (nSPS) is 15.3. The summed E-state index contributed by atoms with van der Waals surface area (Å²) in [6.45, 7) is 2.68. The minimum atomic E-state index is -0.106. The summed E-state index contributed by atoms with van der Waals surface area (Å²) in [6, 6.07) is 9.01. The van der Waals surface area contributed by atoms with Gasteiger partial charge in [-0.25, -0.2) is 0 Å². The van der Waals surface area contributed by atoms with Crippen molar-refractivity contribution < 1.29 is 4.79 Å². The molecule has 0 radical (unpaired) electrons. The van der Waals surface area contributed by atoms with E-state index in [2.05, 4.69) is 15.2 Å². The number of pyridine rings is 1. The number of carbonyl (C=O) groups excluding carboxylic acids is 1. The van der Waals surface area contributed by atoms with Crippen molar-refractivity contribution in [3.8, 4) is 0 Å². The summed E-state index contributed by atoms with van der Waals surface area (Å²) >= 11 is 11.8. The number of aromatic nitrogens is 1. The lowest BCUT2D eigenvalue weighted by molar-refractivity contribution is 0.0945. The third-order valence-electron chi connectivity index (χ3n) is 4.38. The Morgan fingerprint density at radius 3 is 2.50 bits per heavy atom. The van der Waals surface area contributed by atoms with E-state index in [1.807, 2.05) is 24.5 Å². The largest absolute Gasteiger partial charge is 0.371 e. The van der Waals surface area contributed by atoms with Crippen LogP contribution in [-0.4, -0.2) is 30.5 Å². The van der Waals surface area contributed by atoms with Gasteiger partial charge in [0.1, 0.15) is 0 Å². The van der Waals surface area contributed by atoms with E-state index in [1.165, 1.54) is 5.69 Å². The molecule has 1 amide bonds. The van der Waals surface area contributed by atoms with E-state index in [0.29, 0.717) is 28.1 Å². The summed E-state index contributed by atoms with van der Waals surface area (Å²) in [5.74, 6) is 0.389. The molecule has 1 aromatic heterocycles. The molecule has 6 heteroatoms. The van der Waals surface area contributed by atoms with Gasteiger partial charge in [-0.3, -0.25) is 9.78 Å². The van der Waals surface area contributed by atoms with Gasteiger partial charge in [0.15, 0.2) is 0 Å². The zero-order chi connectivity index (χ0) is 16.9. The second kappa shape index (κ2) is 7.86. The first-order valence-electron chi connectivity index (χ1n) is 8.01. The van der Waals surface area contributed by atoms with Gasteiger partial charge >= 0.3 is 0 Å².